The molecule has 1 aromatic rings. The maximum atomic E-state index is 15.1. The van der Waals surface area contributed by atoms with Gasteiger partial charge in [0.2, 0.25) is 0 Å². The lowest BCUT2D eigenvalue weighted by Gasteiger charge is -2.67. The van der Waals surface area contributed by atoms with Gasteiger partial charge in [0.15, 0.2) is 17.5 Å². The van der Waals surface area contributed by atoms with Crippen molar-refractivity contribution in [1.82, 2.24) is 0 Å². The molecule has 9 atom stereocenters. The number of rotatable bonds is 5. The average molecular weight is 617 g/mol. The molecule has 0 radical (unpaired) electrons. The van der Waals surface area contributed by atoms with Gasteiger partial charge in [0.05, 0.1) is 42.8 Å². The van der Waals surface area contributed by atoms with Crippen LogP contribution in [0.4, 0.5) is 4.79 Å². The molecule has 0 amide bonds. The monoisotopic (exact) mass is 616 g/mol. The summed E-state index contributed by atoms with van der Waals surface area (Å²) in [6.45, 7) is 7.50. The van der Waals surface area contributed by atoms with Crippen molar-refractivity contribution < 1.29 is 57.8 Å². The number of methoxy groups -OCH3 is 2. The third-order valence-electron chi connectivity index (χ3n) is 10.6. The van der Waals surface area contributed by atoms with E-state index in [9.17, 15) is 24.6 Å². The molecule has 240 valence electrons. The van der Waals surface area contributed by atoms with Crippen LogP contribution in [-0.4, -0.2) is 96.6 Å². The summed E-state index contributed by atoms with van der Waals surface area (Å²) >= 11 is 0. The molecule has 1 saturated heterocycles. The molecule has 44 heavy (non-hydrogen) atoms. The van der Waals surface area contributed by atoms with Gasteiger partial charge >= 0.3 is 18.1 Å². The Morgan fingerprint density at radius 2 is 1.70 bits per heavy atom. The molecular formula is C32H40O12. The number of hydrogen-bond donors (Lipinski definition) is 2. The van der Waals surface area contributed by atoms with E-state index in [1.807, 2.05) is 0 Å². The van der Waals surface area contributed by atoms with Gasteiger partial charge in [-0.3, -0.25) is 9.59 Å². The molecule has 1 aliphatic heterocycles. The minimum Gasteiger partial charge on any atom is -0.455 e. The summed E-state index contributed by atoms with van der Waals surface area (Å²) < 4.78 is 34.6. The molecule has 4 aliphatic rings. The van der Waals surface area contributed by atoms with E-state index in [-0.39, 0.29) is 30.6 Å². The van der Waals surface area contributed by atoms with Crippen molar-refractivity contribution in [3.8, 4) is 0 Å². The Morgan fingerprint density at radius 3 is 2.25 bits per heavy atom. The van der Waals surface area contributed by atoms with E-state index in [1.165, 1.54) is 14.0 Å². The molecule has 5 rings (SSSR count). The fourth-order valence-corrected chi connectivity index (χ4v) is 8.20. The van der Waals surface area contributed by atoms with Gasteiger partial charge in [-0.1, -0.05) is 32.0 Å². The number of ketones is 1. The standard InChI is InChI=1S/C32H40O12/c1-16-19(34)14-32(38)26(43-27(36)18-11-9-8-10-12-18)24-30(5,20(39-6)13-21-31(24,15-41-21)44-17(2)33)25(35)23(42-28(37)40-7)22(16)29(32,3)4/h8-12,19-21,23-24,26,34,38H,13-15H2,1-7H3/t19-,20?,21+,23+,24-,26-,30+,31-,32+/m0/s1. The van der Waals surface area contributed by atoms with Crippen LogP contribution in [0.5, 0.6) is 0 Å². The fraction of sp³-hybridized carbons (Fsp3) is 0.625. The number of carbonyl (C=O) groups excluding carboxylic acids is 4. The van der Waals surface area contributed by atoms with Gasteiger partial charge in [0.1, 0.15) is 17.8 Å². The summed E-state index contributed by atoms with van der Waals surface area (Å²) in [4.78, 5) is 54.2. The lowest BCUT2D eigenvalue weighted by atomic mass is 9.44. The van der Waals surface area contributed by atoms with Crippen LogP contribution in [0.3, 0.4) is 0 Å². The third-order valence-corrected chi connectivity index (χ3v) is 10.6. The summed E-state index contributed by atoms with van der Waals surface area (Å²) in [6, 6.07) is 8.14. The van der Waals surface area contributed by atoms with E-state index < -0.39 is 82.3 Å². The zero-order valence-electron chi connectivity index (χ0n) is 25.9. The Hall–Kier alpha value is -3.32. The molecule has 3 fully saturated rings. The number of hydrogen-bond acceptors (Lipinski definition) is 12. The summed E-state index contributed by atoms with van der Waals surface area (Å²) in [6.07, 6.45) is -7.57. The van der Waals surface area contributed by atoms with Crippen LogP contribution in [0.1, 0.15) is 57.8 Å². The van der Waals surface area contributed by atoms with E-state index in [0.717, 1.165) is 7.11 Å². The second-order valence-corrected chi connectivity index (χ2v) is 12.9. The molecular weight excluding hydrogens is 576 g/mol. The van der Waals surface area contributed by atoms with Crippen molar-refractivity contribution in [1.29, 1.82) is 0 Å². The Balaban J connectivity index is 1.85. The minimum atomic E-state index is -2.10. The van der Waals surface area contributed by atoms with Gasteiger partial charge in [-0.25, -0.2) is 9.59 Å². The first-order valence-corrected chi connectivity index (χ1v) is 14.6. The zero-order valence-corrected chi connectivity index (χ0v) is 25.9. The summed E-state index contributed by atoms with van der Waals surface area (Å²) in [7, 11) is 2.51. The molecule has 1 aromatic carbocycles. The Kier molecular flexibility index (Phi) is 7.97. The predicted molar refractivity (Wildman–Crippen MR) is 151 cm³/mol. The van der Waals surface area contributed by atoms with Gasteiger partial charge in [-0.05, 0) is 37.1 Å². The van der Waals surface area contributed by atoms with Gasteiger partial charge in [0, 0.05) is 32.3 Å². The Labute approximate surface area is 255 Å². The predicted octanol–water partition coefficient (Wildman–Crippen LogP) is 2.53. The largest absolute Gasteiger partial charge is 0.509 e. The number of aliphatic hydroxyl groups excluding tert-OH is 1. The fourth-order valence-electron chi connectivity index (χ4n) is 8.20. The maximum Gasteiger partial charge on any atom is 0.509 e. The minimum absolute atomic E-state index is 0.106. The van der Waals surface area contributed by atoms with Gasteiger partial charge in [-0.2, -0.15) is 0 Å². The van der Waals surface area contributed by atoms with Crippen LogP contribution in [0.25, 0.3) is 0 Å². The summed E-state index contributed by atoms with van der Waals surface area (Å²) in [5, 5.41) is 24.4. The third kappa shape index (κ3) is 4.40. The first-order valence-electron chi connectivity index (χ1n) is 14.6. The highest BCUT2D eigenvalue weighted by molar-refractivity contribution is 5.95. The highest BCUT2D eigenvalue weighted by Gasteiger charge is 2.78. The number of carbonyl (C=O) groups is 4. The van der Waals surface area contributed by atoms with Crippen molar-refractivity contribution in [2.75, 3.05) is 20.8 Å². The van der Waals surface area contributed by atoms with Crippen molar-refractivity contribution in [3.05, 3.63) is 47.0 Å². The van der Waals surface area contributed by atoms with Crippen molar-refractivity contribution in [2.24, 2.45) is 16.7 Å². The topological polar surface area (TPSA) is 164 Å². The molecule has 2 bridgehead atoms. The van der Waals surface area contributed by atoms with Crippen LogP contribution >= 0.6 is 0 Å². The zero-order chi connectivity index (χ0) is 32.4. The molecule has 12 nitrogen and oxygen atoms in total. The average Bonchev–Trinajstić information content (AvgIpc) is 2.97. The van der Waals surface area contributed by atoms with E-state index in [0.29, 0.717) is 5.57 Å². The molecule has 12 heteroatoms. The molecule has 1 unspecified atom stereocenters. The second kappa shape index (κ2) is 10.9. The number of aliphatic hydroxyl groups is 2. The van der Waals surface area contributed by atoms with Gasteiger partial charge in [-0.15, -0.1) is 0 Å². The maximum absolute atomic E-state index is 15.1. The smallest absolute Gasteiger partial charge is 0.455 e. The molecule has 0 aromatic heterocycles. The lowest BCUT2D eigenvalue weighted by Crippen LogP contribution is -2.82. The van der Waals surface area contributed by atoms with Crippen LogP contribution in [0, 0.1) is 16.7 Å². The SMILES string of the molecule is COC(=O)O[C@H]1C(=O)[C@]2(C)C(OC)C[C@H]3OC[C@@]3(OC(C)=O)[C@H]2[C@H](OC(=O)c2ccccc2)[C@]2(O)C[C@H](O)C(C)=C1C2(C)C. The molecule has 2 N–H and O–H groups in total. The quantitative estimate of drug-likeness (QED) is 0.283. The normalized spacial score (nSPS) is 39.0. The molecule has 3 aliphatic carbocycles. The van der Waals surface area contributed by atoms with E-state index in [1.54, 1.807) is 58.0 Å². The van der Waals surface area contributed by atoms with Crippen LogP contribution < -0.4 is 0 Å². The number of benzene rings is 1. The molecule has 0 spiro atoms. The van der Waals surface area contributed by atoms with E-state index in [4.69, 9.17) is 28.4 Å². The van der Waals surface area contributed by atoms with Crippen LogP contribution in [0.15, 0.2) is 41.5 Å². The molecule has 1 heterocycles. The number of ether oxygens (including phenoxy) is 6. The first kappa shape index (κ1) is 32.1. The highest BCUT2D eigenvalue weighted by atomic mass is 16.7. The van der Waals surface area contributed by atoms with Gasteiger partial charge < -0.3 is 38.6 Å². The summed E-state index contributed by atoms with van der Waals surface area (Å²) in [5.74, 6) is -3.41. The van der Waals surface area contributed by atoms with E-state index >= 15 is 4.79 Å². The van der Waals surface area contributed by atoms with Gasteiger partial charge in [0.25, 0.3) is 0 Å². The number of Topliss-reactive ketones (excluding diaryl/α,β-unsaturated/α-hetero) is 1. The van der Waals surface area contributed by atoms with E-state index in [2.05, 4.69) is 0 Å². The Bertz CT molecular complexity index is 1390. The van der Waals surface area contributed by atoms with Crippen molar-refractivity contribution in [3.63, 3.8) is 0 Å². The lowest BCUT2D eigenvalue weighted by molar-refractivity contribution is -0.347. The Morgan fingerprint density at radius 1 is 1.05 bits per heavy atom. The number of esters is 2. The summed E-state index contributed by atoms with van der Waals surface area (Å²) in [5.41, 5.74) is -6.15. The first-order chi connectivity index (χ1) is 20.6. The van der Waals surface area contributed by atoms with Crippen molar-refractivity contribution in [2.45, 2.75) is 89.2 Å². The van der Waals surface area contributed by atoms with Crippen LogP contribution in [0.2, 0.25) is 0 Å². The number of fused-ring (bicyclic) bond motifs is 5. The van der Waals surface area contributed by atoms with Crippen molar-refractivity contribution >= 4 is 23.9 Å². The van der Waals surface area contributed by atoms with Crippen LogP contribution in [-0.2, 0) is 38.0 Å². The highest BCUT2D eigenvalue weighted by Crippen LogP contribution is 2.64. The molecule has 2 saturated carbocycles. The second-order valence-electron chi connectivity index (χ2n) is 12.9.